The van der Waals surface area contributed by atoms with Crippen molar-refractivity contribution in [3.63, 3.8) is 0 Å². The highest BCUT2D eigenvalue weighted by molar-refractivity contribution is 9.10. The Labute approximate surface area is 113 Å². The number of nitrogens with one attached hydrogen (secondary N) is 1. The molecule has 1 aromatic heterocycles. The van der Waals surface area contributed by atoms with Crippen LogP contribution in [-0.2, 0) is 6.54 Å². The van der Waals surface area contributed by atoms with E-state index in [1.165, 1.54) is 18.2 Å². The molecule has 94 valence electrons. The fraction of sp³-hybridized carbons (Fsp3) is 0.154. The summed E-state index contributed by atoms with van der Waals surface area (Å²) in [7, 11) is 0. The molecule has 1 aromatic carbocycles. The fourth-order valence-electron chi connectivity index (χ4n) is 1.60. The summed E-state index contributed by atoms with van der Waals surface area (Å²) in [5.74, 6) is -0.290. The van der Waals surface area contributed by atoms with E-state index in [0.29, 0.717) is 12.1 Å². The molecule has 2 rings (SSSR count). The third kappa shape index (κ3) is 2.98. The Balaban J connectivity index is 2.13. The van der Waals surface area contributed by atoms with Gasteiger partial charge in [-0.1, -0.05) is 0 Å². The molecule has 0 atom stereocenters. The van der Waals surface area contributed by atoms with Crippen molar-refractivity contribution in [3.05, 3.63) is 52.0 Å². The van der Waals surface area contributed by atoms with Crippen molar-refractivity contribution in [3.8, 4) is 5.75 Å². The van der Waals surface area contributed by atoms with Crippen molar-refractivity contribution >= 4 is 21.6 Å². The average Bonchev–Trinajstić information content (AvgIpc) is 2.32. The number of halogens is 2. The van der Waals surface area contributed by atoms with Crippen LogP contribution in [0, 0.1) is 12.7 Å². The van der Waals surface area contributed by atoms with Crippen LogP contribution in [0.2, 0.25) is 0 Å². The summed E-state index contributed by atoms with van der Waals surface area (Å²) in [5, 5.41) is 12.7. The Morgan fingerprint density at radius 3 is 2.83 bits per heavy atom. The van der Waals surface area contributed by atoms with Crippen LogP contribution in [0.15, 0.2) is 34.9 Å². The molecule has 0 unspecified atom stereocenters. The molecule has 0 saturated carbocycles. The monoisotopic (exact) mass is 310 g/mol. The minimum Gasteiger partial charge on any atom is -0.508 e. The minimum atomic E-state index is -0.366. The molecule has 2 aromatic rings. The molecule has 0 aliphatic heterocycles. The van der Waals surface area contributed by atoms with E-state index in [4.69, 9.17) is 0 Å². The van der Waals surface area contributed by atoms with Gasteiger partial charge in [-0.2, -0.15) is 0 Å². The number of anilines is 1. The van der Waals surface area contributed by atoms with Crippen molar-refractivity contribution in [1.29, 1.82) is 0 Å². The lowest BCUT2D eigenvalue weighted by molar-refractivity contribution is 0.466. The normalized spacial score (nSPS) is 10.4. The Kier molecular flexibility index (Phi) is 3.81. The summed E-state index contributed by atoms with van der Waals surface area (Å²) in [6.45, 7) is 2.21. The Bertz CT molecular complexity index is 575. The van der Waals surface area contributed by atoms with E-state index in [1.807, 2.05) is 19.1 Å². The number of hydrogen-bond acceptors (Lipinski definition) is 3. The van der Waals surface area contributed by atoms with Gasteiger partial charge in [0.25, 0.3) is 0 Å². The van der Waals surface area contributed by atoms with Crippen LogP contribution < -0.4 is 5.32 Å². The maximum Gasteiger partial charge on any atom is 0.123 e. The van der Waals surface area contributed by atoms with Gasteiger partial charge in [0.05, 0.1) is 11.4 Å². The van der Waals surface area contributed by atoms with E-state index < -0.39 is 0 Å². The first-order valence-corrected chi connectivity index (χ1v) is 6.20. The zero-order chi connectivity index (χ0) is 13.1. The summed E-state index contributed by atoms with van der Waals surface area (Å²) in [6.07, 6.45) is 0. The highest BCUT2D eigenvalue weighted by Gasteiger charge is 2.04. The smallest absolute Gasteiger partial charge is 0.123 e. The molecule has 2 N–H and O–H groups in total. The second-order valence-electron chi connectivity index (χ2n) is 3.89. The third-order valence-corrected chi connectivity index (χ3v) is 3.00. The molecule has 0 fully saturated rings. The Hall–Kier alpha value is -1.62. The highest BCUT2D eigenvalue weighted by atomic mass is 79.9. The first kappa shape index (κ1) is 12.8. The molecule has 0 radical (unpaired) electrons. The second-order valence-corrected chi connectivity index (χ2v) is 4.71. The highest BCUT2D eigenvalue weighted by Crippen LogP contribution is 2.21. The lowest BCUT2D eigenvalue weighted by Crippen LogP contribution is -2.02. The number of hydrogen-bond donors (Lipinski definition) is 2. The predicted octanol–water partition coefficient (Wildman–Crippen LogP) is 3.61. The van der Waals surface area contributed by atoms with Crippen molar-refractivity contribution in [1.82, 2.24) is 4.98 Å². The van der Waals surface area contributed by atoms with Gasteiger partial charge in [0, 0.05) is 12.1 Å². The van der Waals surface area contributed by atoms with Crippen LogP contribution in [0.3, 0.4) is 0 Å². The van der Waals surface area contributed by atoms with E-state index in [9.17, 15) is 9.50 Å². The van der Waals surface area contributed by atoms with E-state index in [2.05, 4.69) is 26.2 Å². The maximum absolute atomic E-state index is 13.0. The van der Waals surface area contributed by atoms with Gasteiger partial charge in [-0.25, -0.2) is 9.37 Å². The largest absolute Gasteiger partial charge is 0.508 e. The summed E-state index contributed by atoms with van der Waals surface area (Å²) in [4.78, 5) is 4.24. The quantitative estimate of drug-likeness (QED) is 0.851. The van der Waals surface area contributed by atoms with Crippen molar-refractivity contribution < 1.29 is 9.50 Å². The maximum atomic E-state index is 13.0. The minimum absolute atomic E-state index is 0.0756. The van der Waals surface area contributed by atoms with Crippen molar-refractivity contribution in [2.24, 2.45) is 0 Å². The van der Waals surface area contributed by atoms with Gasteiger partial charge in [-0.15, -0.1) is 0 Å². The summed E-state index contributed by atoms with van der Waals surface area (Å²) >= 11 is 3.28. The van der Waals surface area contributed by atoms with Gasteiger partial charge in [-0.05, 0) is 53.2 Å². The molecule has 0 aliphatic carbocycles. The second kappa shape index (κ2) is 5.35. The van der Waals surface area contributed by atoms with Gasteiger partial charge >= 0.3 is 0 Å². The fourth-order valence-corrected chi connectivity index (χ4v) is 2.00. The molecule has 0 spiro atoms. The van der Waals surface area contributed by atoms with Gasteiger partial charge in [0.1, 0.15) is 16.2 Å². The van der Waals surface area contributed by atoms with E-state index in [1.54, 1.807) is 0 Å². The SMILES string of the molecule is Cc1nc(Br)ccc1NCc1cc(F)ccc1O. The molecule has 0 amide bonds. The van der Waals surface area contributed by atoms with Gasteiger partial charge in [-0.3, -0.25) is 0 Å². The molecule has 3 nitrogen and oxygen atoms in total. The van der Waals surface area contributed by atoms with E-state index >= 15 is 0 Å². The van der Waals surface area contributed by atoms with Gasteiger partial charge in [0.2, 0.25) is 0 Å². The summed E-state index contributed by atoms with van der Waals surface area (Å²) in [6, 6.07) is 7.58. The third-order valence-electron chi connectivity index (χ3n) is 2.56. The lowest BCUT2D eigenvalue weighted by atomic mass is 10.2. The van der Waals surface area contributed by atoms with Gasteiger partial charge in [0.15, 0.2) is 0 Å². The first-order chi connectivity index (χ1) is 8.56. The number of phenolic OH excluding ortho intramolecular Hbond substituents is 1. The standard InChI is InChI=1S/C13H12BrFN2O/c1-8-11(3-5-13(14)17-8)16-7-9-6-10(15)2-4-12(9)18/h2-6,16,18H,7H2,1H3. The molecule has 0 bridgehead atoms. The number of nitrogens with zero attached hydrogens (tertiary/aromatic N) is 1. The molecule has 5 heteroatoms. The first-order valence-electron chi connectivity index (χ1n) is 5.40. The number of aromatic hydroxyl groups is 1. The number of rotatable bonds is 3. The summed E-state index contributed by atoms with van der Waals surface area (Å²) in [5.41, 5.74) is 2.19. The average molecular weight is 311 g/mol. The van der Waals surface area contributed by atoms with Crippen LogP contribution in [0.25, 0.3) is 0 Å². The van der Waals surface area contributed by atoms with Crippen LogP contribution in [0.5, 0.6) is 5.75 Å². The molecule has 1 heterocycles. The lowest BCUT2D eigenvalue weighted by Gasteiger charge is -2.10. The predicted molar refractivity (Wildman–Crippen MR) is 72.1 cm³/mol. The van der Waals surface area contributed by atoms with Gasteiger partial charge < -0.3 is 10.4 Å². The van der Waals surface area contributed by atoms with Crippen LogP contribution in [0.4, 0.5) is 10.1 Å². The van der Waals surface area contributed by atoms with Crippen molar-refractivity contribution in [2.45, 2.75) is 13.5 Å². The number of aryl methyl sites for hydroxylation is 1. The number of aromatic nitrogens is 1. The molecule has 18 heavy (non-hydrogen) atoms. The number of pyridine rings is 1. The molecule has 0 saturated heterocycles. The van der Waals surface area contributed by atoms with Crippen molar-refractivity contribution in [2.75, 3.05) is 5.32 Å². The van der Waals surface area contributed by atoms with E-state index in [-0.39, 0.29) is 11.6 Å². The number of benzene rings is 1. The number of phenols is 1. The van der Waals surface area contributed by atoms with Crippen LogP contribution in [-0.4, -0.2) is 10.1 Å². The van der Waals surface area contributed by atoms with Crippen LogP contribution in [0.1, 0.15) is 11.3 Å². The Morgan fingerprint density at radius 2 is 2.11 bits per heavy atom. The summed E-state index contributed by atoms with van der Waals surface area (Å²) < 4.78 is 13.8. The van der Waals surface area contributed by atoms with E-state index in [0.717, 1.165) is 16.0 Å². The zero-order valence-corrected chi connectivity index (χ0v) is 11.3. The van der Waals surface area contributed by atoms with Crippen LogP contribution >= 0.6 is 15.9 Å². The molecular formula is C13H12BrFN2O. The zero-order valence-electron chi connectivity index (χ0n) is 9.74. The Morgan fingerprint density at radius 1 is 1.33 bits per heavy atom. The molecule has 0 aliphatic rings. The molecular weight excluding hydrogens is 299 g/mol. The topological polar surface area (TPSA) is 45.2 Å².